The summed E-state index contributed by atoms with van der Waals surface area (Å²) in [5.74, 6) is 1.41. The van der Waals surface area contributed by atoms with Gasteiger partial charge in [0.05, 0.1) is 22.0 Å². The van der Waals surface area contributed by atoms with Crippen molar-refractivity contribution in [3.05, 3.63) is 54.3 Å². The fourth-order valence-corrected chi connectivity index (χ4v) is 4.45. The number of carbonyl (C=O) groups excluding carboxylic acids is 1. The number of amides is 1. The Morgan fingerprint density at radius 2 is 2.07 bits per heavy atom. The van der Waals surface area contributed by atoms with Crippen LogP contribution in [0, 0.1) is 0 Å². The van der Waals surface area contributed by atoms with Gasteiger partial charge in [0.1, 0.15) is 24.5 Å². The van der Waals surface area contributed by atoms with Crippen molar-refractivity contribution in [3.63, 3.8) is 0 Å². The predicted molar refractivity (Wildman–Crippen MR) is 115 cm³/mol. The molecule has 7 nitrogen and oxygen atoms in total. The molecule has 1 aromatic heterocycles. The number of phenols is 1. The highest BCUT2D eigenvalue weighted by molar-refractivity contribution is 6.36. The first-order valence-electron chi connectivity index (χ1n) is 9.64. The van der Waals surface area contributed by atoms with Crippen LogP contribution in [0.5, 0.6) is 11.5 Å². The number of hydrogen-bond donors (Lipinski definition) is 1. The molecule has 2 aliphatic heterocycles. The van der Waals surface area contributed by atoms with Crippen LogP contribution >= 0.6 is 11.6 Å². The second-order valence-electron chi connectivity index (χ2n) is 7.35. The van der Waals surface area contributed by atoms with Crippen LogP contribution in [0.4, 0.5) is 5.82 Å². The van der Waals surface area contributed by atoms with Crippen molar-refractivity contribution in [3.8, 4) is 22.6 Å². The number of rotatable bonds is 2. The van der Waals surface area contributed by atoms with E-state index in [1.54, 1.807) is 35.5 Å². The smallest absolute Gasteiger partial charge is 0.246 e. The topological polar surface area (TPSA) is 78.8 Å². The molecule has 3 aromatic rings. The maximum absolute atomic E-state index is 12.1. The molecule has 30 heavy (non-hydrogen) atoms. The Labute approximate surface area is 178 Å². The minimum atomic E-state index is -0.0862. The first kappa shape index (κ1) is 18.7. The number of carbonyl (C=O) groups is 1. The van der Waals surface area contributed by atoms with E-state index in [9.17, 15) is 9.90 Å². The molecule has 0 saturated carbocycles. The van der Waals surface area contributed by atoms with E-state index in [1.165, 1.54) is 6.08 Å². The zero-order chi connectivity index (χ0) is 20.8. The van der Waals surface area contributed by atoms with E-state index < -0.39 is 0 Å². The van der Waals surface area contributed by atoms with Gasteiger partial charge in [-0.2, -0.15) is 0 Å². The number of aromatic hydroxyl groups is 1. The van der Waals surface area contributed by atoms with Crippen LogP contribution in [-0.2, 0) is 4.79 Å². The van der Waals surface area contributed by atoms with Crippen molar-refractivity contribution in [2.75, 3.05) is 31.1 Å². The maximum Gasteiger partial charge on any atom is 0.246 e. The molecular formula is C22H19ClN4O3. The van der Waals surface area contributed by atoms with Crippen molar-refractivity contribution >= 4 is 34.2 Å². The Morgan fingerprint density at radius 3 is 2.83 bits per heavy atom. The fourth-order valence-electron chi connectivity index (χ4n) is 4.14. The molecule has 8 heteroatoms. The van der Waals surface area contributed by atoms with E-state index in [0.29, 0.717) is 37.0 Å². The van der Waals surface area contributed by atoms with Crippen molar-refractivity contribution in [1.82, 2.24) is 14.9 Å². The summed E-state index contributed by atoms with van der Waals surface area (Å²) in [6.07, 6.45) is 2.88. The second-order valence-corrected chi connectivity index (χ2v) is 7.73. The van der Waals surface area contributed by atoms with Gasteiger partial charge in [-0.15, -0.1) is 0 Å². The van der Waals surface area contributed by atoms with Crippen LogP contribution in [0.3, 0.4) is 0 Å². The highest BCUT2D eigenvalue weighted by Gasteiger charge is 2.35. The first-order chi connectivity index (χ1) is 14.6. The fraction of sp³-hybridized carbons (Fsp3) is 0.227. The summed E-state index contributed by atoms with van der Waals surface area (Å²) in [5, 5.41) is 10.9. The van der Waals surface area contributed by atoms with Gasteiger partial charge >= 0.3 is 0 Å². The van der Waals surface area contributed by atoms with E-state index in [-0.39, 0.29) is 17.7 Å². The molecule has 5 rings (SSSR count). The molecule has 152 valence electrons. The predicted octanol–water partition coefficient (Wildman–Crippen LogP) is 3.25. The van der Waals surface area contributed by atoms with Crippen molar-refractivity contribution in [2.24, 2.45) is 0 Å². The first-order valence-corrected chi connectivity index (χ1v) is 10.0. The van der Waals surface area contributed by atoms with Gasteiger partial charge < -0.3 is 19.6 Å². The number of nitrogens with zero attached hydrogens (tertiary/aromatic N) is 4. The third kappa shape index (κ3) is 2.93. The Morgan fingerprint density at radius 1 is 1.27 bits per heavy atom. The standard InChI is InChI=1S/C22H19ClN4O3/c1-2-18(29)26-7-8-27-14(10-26)11-30-21-19-17(24-12-25-22(19)27)9-16(20(21)23)13-3-5-15(28)6-4-13/h2-6,9,12,14,28H,1,7-8,10-11H2/t14-/m0/s1. The van der Waals surface area contributed by atoms with Crippen LogP contribution in [0.15, 0.2) is 49.3 Å². The average Bonchev–Trinajstić information content (AvgIpc) is 2.94. The lowest BCUT2D eigenvalue weighted by atomic mass is 10.0. The lowest BCUT2D eigenvalue weighted by Crippen LogP contribution is -2.56. The van der Waals surface area contributed by atoms with Gasteiger partial charge in [0.25, 0.3) is 0 Å². The van der Waals surface area contributed by atoms with Crippen LogP contribution in [0.25, 0.3) is 22.0 Å². The van der Waals surface area contributed by atoms with E-state index in [1.807, 2.05) is 6.07 Å². The van der Waals surface area contributed by atoms with Gasteiger partial charge in [-0.25, -0.2) is 9.97 Å². The summed E-state index contributed by atoms with van der Waals surface area (Å²) in [6, 6.07) is 8.70. The van der Waals surface area contributed by atoms with Gasteiger partial charge in [-0.1, -0.05) is 30.3 Å². The second kappa shape index (κ2) is 7.18. The number of phenolic OH excluding ortho intramolecular Hbond substituents is 1. The molecule has 2 aliphatic rings. The van der Waals surface area contributed by atoms with Gasteiger partial charge in [-0.05, 0) is 29.8 Å². The number of fused-ring (bicyclic) bond motifs is 2. The molecule has 1 amide bonds. The third-order valence-electron chi connectivity index (χ3n) is 5.64. The summed E-state index contributed by atoms with van der Waals surface area (Å²) in [5.41, 5.74) is 2.35. The van der Waals surface area contributed by atoms with E-state index >= 15 is 0 Å². The summed E-state index contributed by atoms with van der Waals surface area (Å²) >= 11 is 6.80. The molecule has 0 spiro atoms. The van der Waals surface area contributed by atoms with Crippen molar-refractivity contribution in [2.45, 2.75) is 6.04 Å². The minimum Gasteiger partial charge on any atom is -0.508 e. The molecule has 1 fully saturated rings. The molecule has 0 aliphatic carbocycles. The van der Waals surface area contributed by atoms with Gasteiger partial charge in [-0.3, -0.25) is 4.79 Å². The number of benzene rings is 2. The number of halogens is 1. The van der Waals surface area contributed by atoms with Gasteiger partial charge in [0, 0.05) is 25.2 Å². The minimum absolute atomic E-state index is 0.0543. The monoisotopic (exact) mass is 422 g/mol. The Bertz CT molecular complexity index is 1170. The quantitative estimate of drug-likeness (QED) is 0.639. The summed E-state index contributed by atoms with van der Waals surface area (Å²) < 4.78 is 6.20. The zero-order valence-electron chi connectivity index (χ0n) is 16.1. The molecule has 2 aromatic carbocycles. The molecule has 3 heterocycles. The number of aromatic nitrogens is 2. The van der Waals surface area contributed by atoms with Gasteiger partial charge in [0.2, 0.25) is 5.91 Å². The van der Waals surface area contributed by atoms with Crippen molar-refractivity contribution in [1.29, 1.82) is 0 Å². The zero-order valence-corrected chi connectivity index (χ0v) is 16.8. The normalized spacial score (nSPS) is 17.8. The van der Waals surface area contributed by atoms with Gasteiger partial charge in [0.15, 0.2) is 5.75 Å². The number of piperazine rings is 1. The molecular weight excluding hydrogens is 404 g/mol. The molecule has 0 radical (unpaired) electrons. The third-order valence-corrected chi connectivity index (χ3v) is 6.02. The molecule has 0 bridgehead atoms. The summed E-state index contributed by atoms with van der Waals surface area (Å²) in [6.45, 7) is 5.69. The van der Waals surface area contributed by atoms with Crippen LogP contribution in [0.1, 0.15) is 0 Å². The average molecular weight is 423 g/mol. The highest BCUT2D eigenvalue weighted by atomic mass is 35.5. The van der Waals surface area contributed by atoms with Crippen LogP contribution < -0.4 is 9.64 Å². The van der Waals surface area contributed by atoms with Crippen LogP contribution in [-0.4, -0.2) is 58.2 Å². The largest absolute Gasteiger partial charge is 0.508 e. The Balaban J connectivity index is 1.63. The number of ether oxygens (including phenoxy) is 1. The van der Waals surface area contributed by atoms with E-state index in [0.717, 1.165) is 27.8 Å². The van der Waals surface area contributed by atoms with Crippen LogP contribution in [0.2, 0.25) is 5.02 Å². The SMILES string of the molecule is C=CC(=O)N1CCN2c3ncnc4cc(-c5ccc(O)cc5)c(Cl)c(c34)OC[C@@H]2C1. The summed E-state index contributed by atoms with van der Waals surface area (Å²) in [7, 11) is 0. The van der Waals surface area contributed by atoms with E-state index in [2.05, 4.69) is 21.4 Å². The number of anilines is 1. The number of hydrogen-bond acceptors (Lipinski definition) is 6. The Hall–Kier alpha value is -3.32. The molecule has 1 N–H and O–H groups in total. The van der Waals surface area contributed by atoms with E-state index in [4.69, 9.17) is 16.3 Å². The molecule has 0 unspecified atom stereocenters. The van der Waals surface area contributed by atoms with Crippen molar-refractivity contribution < 1.29 is 14.6 Å². The lowest BCUT2D eigenvalue weighted by molar-refractivity contribution is -0.126. The lowest BCUT2D eigenvalue weighted by Gasteiger charge is -2.40. The maximum atomic E-state index is 12.1. The molecule has 1 atom stereocenters. The molecule has 1 saturated heterocycles. The summed E-state index contributed by atoms with van der Waals surface area (Å²) in [4.78, 5) is 25.1. The Kier molecular flexibility index (Phi) is 4.47. The highest BCUT2D eigenvalue weighted by Crippen LogP contribution is 2.45.